The molecule has 0 spiro atoms. The van der Waals surface area contributed by atoms with Crippen LogP contribution in [0.5, 0.6) is 0 Å². The van der Waals surface area contributed by atoms with Crippen molar-refractivity contribution in [3.8, 4) is 33.2 Å². The third-order valence-electron chi connectivity index (χ3n) is 4.82. The summed E-state index contributed by atoms with van der Waals surface area (Å²) >= 11 is 1.06. The lowest BCUT2D eigenvalue weighted by Crippen LogP contribution is -1.87. The Kier molecular flexibility index (Phi) is 3.68. The van der Waals surface area contributed by atoms with Crippen molar-refractivity contribution in [3.63, 3.8) is 0 Å². The minimum absolute atomic E-state index is 0.247. The van der Waals surface area contributed by atoms with Crippen LogP contribution in [0.2, 0.25) is 0 Å². The fraction of sp³-hybridized carbons (Fsp3) is 0. The quantitative estimate of drug-likeness (QED) is 0.433. The maximum absolute atomic E-state index is 13.5. The number of aromatic nitrogens is 7. The van der Waals surface area contributed by atoms with Crippen LogP contribution in [0.15, 0.2) is 61.2 Å². The van der Waals surface area contributed by atoms with Gasteiger partial charge in [0.2, 0.25) is 0 Å². The van der Waals surface area contributed by atoms with Crippen molar-refractivity contribution in [2.45, 2.75) is 0 Å². The highest BCUT2D eigenvalue weighted by Crippen LogP contribution is 2.33. The number of nitrogens with zero attached hydrogens (tertiary/aromatic N) is 5. The highest BCUT2D eigenvalue weighted by atomic mass is 32.1. The van der Waals surface area contributed by atoms with Crippen LogP contribution in [-0.2, 0) is 0 Å². The van der Waals surface area contributed by atoms with E-state index >= 15 is 0 Å². The highest BCUT2D eigenvalue weighted by molar-refractivity contribution is 7.14. The summed E-state index contributed by atoms with van der Waals surface area (Å²) in [6, 6.07) is 10.9. The number of hydrogen-bond donors (Lipinski definition) is 2. The molecule has 30 heavy (non-hydrogen) atoms. The van der Waals surface area contributed by atoms with Gasteiger partial charge in [-0.1, -0.05) is 0 Å². The van der Waals surface area contributed by atoms with E-state index in [0.29, 0.717) is 22.6 Å². The lowest BCUT2D eigenvalue weighted by molar-refractivity contribution is 0.657. The lowest BCUT2D eigenvalue weighted by atomic mass is 10.2. The molecule has 0 saturated heterocycles. The molecule has 0 aromatic carbocycles. The third kappa shape index (κ3) is 2.67. The van der Waals surface area contributed by atoms with E-state index in [9.17, 15) is 4.39 Å². The first kappa shape index (κ1) is 16.9. The summed E-state index contributed by atoms with van der Waals surface area (Å²) in [6.45, 7) is 0. The summed E-state index contributed by atoms with van der Waals surface area (Å²) in [7, 11) is 0. The number of aromatic amines is 2. The molecule has 6 rings (SSSR count). The van der Waals surface area contributed by atoms with Gasteiger partial charge in [-0.2, -0.15) is 9.49 Å². The second-order valence-electron chi connectivity index (χ2n) is 6.68. The molecule has 144 valence electrons. The van der Waals surface area contributed by atoms with Gasteiger partial charge >= 0.3 is 0 Å². The molecule has 2 N–H and O–H groups in total. The summed E-state index contributed by atoms with van der Waals surface area (Å²) in [5.41, 5.74) is 6.05. The van der Waals surface area contributed by atoms with E-state index < -0.39 is 0 Å². The van der Waals surface area contributed by atoms with E-state index in [0.717, 1.165) is 44.1 Å². The molecular weight excluding hydrogens is 401 g/mol. The Hall–Kier alpha value is -3.98. The standard InChI is InChI=1S/C21H12FN7S/c22-17-6-5-16(30-17)12-9-24-10-15-18(12)27-21(26-15)20-19-14(28-29-20)4-3-13(25-19)11-2-1-7-23-8-11/h1-10H,(H,26,27)(H,28,29). The van der Waals surface area contributed by atoms with Gasteiger partial charge in [0.25, 0.3) is 0 Å². The molecule has 6 aromatic rings. The van der Waals surface area contributed by atoms with Crippen molar-refractivity contribution >= 4 is 33.4 Å². The first-order chi connectivity index (χ1) is 14.8. The van der Waals surface area contributed by atoms with Gasteiger partial charge in [0.05, 0.1) is 22.9 Å². The van der Waals surface area contributed by atoms with Crippen molar-refractivity contribution in [1.29, 1.82) is 0 Å². The Bertz CT molecular complexity index is 1520. The summed E-state index contributed by atoms with van der Waals surface area (Å²) in [6.07, 6.45) is 6.89. The molecule has 0 atom stereocenters. The van der Waals surface area contributed by atoms with Crippen LogP contribution < -0.4 is 0 Å². The van der Waals surface area contributed by atoms with E-state index in [1.54, 1.807) is 30.9 Å². The largest absolute Gasteiger partial charge is 0.335 e. The van der Waals surface area contributed by atoms with Crippen molar-refractivity contribution in [2.75, 3.05) is 0 Å². The van der Waals surface area contributed by atoms with Crippen molar-refractivity contribution in [1.82, 2.24) is 35.1 Å². The van der Waals surface area contributed by atoms with Crippen LogP contribution >= 0.6 is 11.3 Å². The fourth-order valence-corrected chi connectivity index (χ4v) is 4.17. The molecule has 0 unspecified atom stereocenters. The van der Waals surface area contributed by atoms with E-state index in [-0.39, 0.29) is 5.13 Å². The summed E-state index contributed by atoms with van der Waals surface area (Å²) in [5.74, 6) is 0.568. The molecule has 0 saturated carbocycles. The first-order valence-corrected chi connectivity index (χ1v) is 9.93. The Morgan fingerprint density at radius 2 is 1.83 bits per heavy atom. The van der Waals surface area contributed by atoms with Crippen LogP contribution in [0.1, 0.15) is 0 Å². The average molecular weight is 413 g/mol. The van der Waals surface area contributed by atoms with Crippen molar-refractivity contribution < 1.29 is 4.39 Å². The average Bonchev–Trinajstić information content (AvgIpc) is 3.51. The number of pyridine rings is 3. The SMILES string of the molecule is Fc1ccc(-c2cncc3[nH]c(-c4n[nH]c5ccc(-c6cccnc6)nc45)nc23)s1. The van der Waals surface area contributed by atoms with Crippen LogP contribution in [-0.4, -0.2) is 35.1 Å². The zero-order valence-corrected chi connectivity index (χ0v) is 16.1. The Morgan fingerprint density at radius 1 is 0.867 bits per heavy atom. The number of thiophene rings is 1. The molecule has 0 aliphatic heterocycles. The van der Waals surface area contributed by atoms with Gasteiger partial charge < -0.3 is 4.98 Å². The zero-order valence-electron chi connectivity index (χ0n) is 15.3. The zero-order chi connectivity index (χ0) is 20.1. The molecule has 0 amide bonds. The number of fused-ring (bicyclic) bond motifs is 2. The number of rotatable bonds is 3. The molecule has 0 radical (unpaired) electrons. The fourth-order valence-electron chi connectivity index (χ4n) is 3.42. The van der Waals surface area contributed by atoms with Crippen LogP contribution in [0.4, 0.5) is 4.39 Å². The number of H-pyrrole nitrogens is 2. The van der Waals surface area contributed by atoms with Crippen molar-refractivity contribution in [3.05, 3.63) is 66.3 Å². The van der Waals surface area contributed by atoms with Gasteiger partial charge in [-0.3, -0.25) is 15.1 Å². The molecule has 0 aliphatic rings. The maximum atomic E-state index is 13.5. The maximum Gasteiger partial charge on any atom is 0.176 e. The second kappa shape index (κ2) is 6.53. The van der Waals surface area contributed by atoms with E-state index in [2.05, 4.69) is 25.1 Å². The predicted octanol–water partition coefficient (Wildman–Crippen LogP) is 4.83. The predicted molar refractivity (Wildman–Crippen MR) is 113 cm³/mol. The molecule has 0 fully saturated rings. The molecular formula is C21H12FN7S. The summed E-state index contributed by atoms with van der Waals surface area (Å²) in [5, 5.41) is 7.19. The van der Waals surface area contributed by atoms with Crippen molar-refractivity contribution in [2.24, 2.45) is 0 Å². The van der Waals surface area contributed by atoms with Gasteiger partial charge in [0.1, 0.15) is 11.0 Å². The topological polar surface area (TPSA) is 96.0 Å². The Morgan fingerprint density at radius 3 is 2.67 bits per heavy atom. The molecule has 0 bridgehead atoms. The number of hydrogen-bond acceptors (Lipinski definition) is 6. The Labute approximate surface area is 172 Å². The number of imidazole rings is 1. The smallest absolute Gasteiger partial charge is 0.176 e. The minimum Gasteiger partial charge on any atom is -0.335 e. The van der Waals surface area contributed by atoms with E-state index in [1.807, 2.05) is 24.3 Å². The lowest BCUT2D eigenvalue weighted by Gasteiger charge is -2.00. The monoisotopic (exact) mass is 413 g/mol. The molecule has 0 aliphatic carbocycles. The van der Waals surface area contributed by atoms with Gasteiger partial charge in [0, 0.05) is 34.6 Å². The molecule has 9 heteroatoms. The van der Waals surface area contributed by atoms with Crippen LogP contribution in [0.25, 0.3) is 55.3 Å². The van der Waals surface area contributed by atoms with Crippen LogP contribution in [0, 0.1) is 5.13 Å². The Balaban J connectivity index is 1.52. The van der Waals surface area contributed by atoms with Gasteiger partial charge in [-0.25, -0.2) is 9.97 Å². The van der Waals surface area contributed by atoms with Crippen LogP contribution in [0.3, 0.4) is 0 Å². The van der Waals surface area contributed by atoms with Gasteiger partial charge in [-0.05, 0) is 36.4 Å². The summed E-state index contributed by atoms with van der Waals surface area (Å²) in [4.78, 5) is 22.0. The molecule has 7 nitrogen and oxygen atoms in total. The number of nitrogens with one attached hydrogen (secondary N) is 2. The number of halogens is 1. The van der Waals surface area contributed by atoms with Gasteiger partial charge in [0.15, 0.2) is 16.6 Å². The molecule has 6 heterocycles. The summed E-state index contributed by atoms with van der Waals surface area (Å²) < 4.78 is 13.5. The van der Waals surface area contributed by atoms with E-state index in [1.165, 1.54) is 6.07 Å². The minimum atomic E-state index is -0.247. The van der Waals surface area contributed by atoms with Gasteiger partial charge in [-0.15, -0.1) is 11.3 Å². The van der Waals surface area contributed by atoms with E-state index in [4.69, 9.17) is 9.97 Å². The second-order valence-corrected chi connectivity index (χ2v) is 7.71. The first-order valence-electron chi connectivity index (χ1n) is 9.11. The normalized spacial score (nSPS) is 11.5. The highest BCUT2D eigenvalue weighted by Gasteiger charge is 2.17. The molecule has 6 aromatic heterocycles. The third-order valence-corrected chi connectivity index (χ3v) is 5.73.